The van der Waals surface area contributed by atoms with Crippen LogP contribution in [-0.4, -0.2) is 30.4 Å². The lowest BCUT2D eigenvalue weighted by atomic mass is 9.91. The molecule has 0 aliphatic carbocycles. The van der Waals surface area contributed by atoms with E-state index in [0.29, 0.717) is 0 Å². The smallest absolute Gasteiger partial charge is 0.223 e. The van der Waals surface area contributed by atoms with Crippen LogP contribution in [0.3, 0.4) is 0 Å². The van der Waals surface area contributed by atoms with Crippen LogP contribution in [0.4, 0.5) is 0 Å². The third-order valence-corrected chi connectivity index (χ3v) is 5.83. The van der Waals surface area contributed by atoms with Gasteiger partial charge in [0.25, 0.3) is 0 Å². The number of nitrogens with one attached hydrogen (secondary N) is 1. The number of likely N-dealkylation sites (tertiary alicyclic amines) is 1. The highest BCUT2D eigenvalue weighted by molar-refractivity contribution is 5.78. The van der Waals surface area contributed by atoms with Crippen molar-refractivity contribution < 1.29 is 4.79 Å². The molecule has 3 heteroatoms. The molecule has 0 spiro atoms. The van der Waals surface area contributed by atoms with Crippen molar-refractivity contribution in [1.82, 2.24) is 10.2 Å². The average molecular weight is 379 g/mol. The molecular weight excluding hydrogens is 344 g/mol. The van der Waals surface area contributed by atoms with Crippen molar-refractivity contribution in [1.29, 1.82) is 0 Å². The lowest BCUT2D eigenvalue weighted by Gasteiger charge is -2.37. The predicted octanol–water partition coefficient (Wildman–Crippen LogP) is 5.18. The Labute approximate surface area is 170 Å². The van der Waals surface area contributed by atoms with Crippen LogP contribution in [0.2, 0.25) is 0 Å². The molecule has 150 valence electrons. The maximum atomic E-state index is 12.5. The Balaban J connectivity index is 1.58. The molecule has 1 amide bonds. The molecule has 1 fully saturated rings. The van der Waals surface area contributed by atoms with Crippen LogP contribution in [0.1, 0.15) is 62.6 Å². The van der Waals surface area contributed by atoms with Crippen molar-refractivity contribution in [2.75, 3.05) is 19.6 Å². The molecule has 0 bridgehead atoms. The molecule has 3 nitrogen and oxygen atoms in total. The summed E-state index contributed by atoms with van der Waals surface area (Å²) in [6, 6.07) is 21.7. The minimum absolute atomic E-state index is 0.162. The summed E-state index contributed by atoms with van der Waals surface area (Å²) in [7, 11) is 0. The molecule has 1 saturated heterocycles. The van der Waals surface area contributed by atoms with E-state index in [2.05, 4.69) is 77.8 Å². The molecule has 1 aliphatic rings. The summed E-state index contributed by atoms with van der Waals surface area (Å²) in [4.78, 5) is 15.1. The Morgan fingerprint density at radius 2 is 1.50 bits per heavy atom. The number of nitrogens with zero attached hydrogens (tertiary/aromatic N) is 1. The van der Waals surface area contributed by atoms with Crippen LogP contribution in [0.5, 0.6) is 0 Å². The molecule has 0 unspecified atom stereocenters. The van der Waals surface area contributed by atoms with E-state index in [1.165, 1.54) is 30.4 Å². The van der Waals surface area contributed by atoms with Crippen molar-refractivity contribution in [3.05, 3.63) is 71.8 Å². The maximum absolute atomic E-state index is 12.5. The SMILES string of the molecule is CCCCCCNC(=O)C1CCN(C(c2ccccc2)c2ccccc2)CC1. The summed E-state index contributed by atoms with van der Waals surface area (Å²) < 4.78 is 0. The van der Waals surface area contributed by atoms with Crippen LogP contribution in [0, 0.1) is 5.92 Å². The van der Waals surface area contributed by atoms with Gasteiger partial charge in [-0.05, 0) is 43.5 Å². The second-order valence-corrected chi connectivity index (χ2v) is 7.89. The van der Waals surface area contributed by atoms with Crippen LogP contribution >= 0.6 is 0 Å². The number of carbonyl (C=O) groups is 1. The van der Waals surface area contributed by atoms with Crippen LogP contribution in [-0.2, 0) is 4.79 Å². The van der Waals surface area contributed by atoms with Gasteiger partial charge in [-0.2, -0.15) is 0 Å². The lowest BCUT2D eigenvalue weighted by molar-refractivity contribution is -0.126. The molecule has 0 saturated carbocycles. The van der Waals surface area contributed by atoms with Gasteiger partial charge in [0.1, 0.15) is 0 Å². The predicted molar refractivity (Wildman–Crippen MR) is 116 cm³/mol. The summed E-state index contributed by atoms with van der Waals surface area (Å²) in [5, 5.41) is 3.16. The Bertz CT molecular complexity index is 654. The first kappa shape index (κ1) is 20.6. The van der Waals surface area contributed by atoms with Crippen LogP contribution < -0.4 is 5.32 Å². The van der Waals surface area contributed by atoms with Gasteiger partial charge in [0.15, 0.2) is 0 Å². The van der Waals surface area contributed by atoms with Gasteiger partial charge in [-0.15, -0.1) is 0 Å². The third-order valence-electron chi connectivity index (χ3n) is 5.83. The first-order valence-electron chi connectivity index (χ1n) is 10.9. The molecule has 3 rings (SSSR count). The van der Waals surface area contributed by atoms with Crippen molar-refractivity contribution in [3.63, 3.8) is 0 Å². The van der Waals surface area contributed by atoms with Gasteiger partial charge in [-0.25, -0.2) is 0 Å². The van der Waals surface area contributed by atoms with E-state index in [1.807, 2.05) is 0 Å². The average Bonchev–Trinajstić information content (AvgIpc) is 2.76. The molecule has 1 aliphatic heterocycles. The van der Waals surface area contributed by atoms with E-state index in [4.69, 9.17) is 0 Å². The van der Waals surface area contributed by atoms with Crippen molar-refractivity contribution in [2.24, 2.45) is 5.92 Å². The van der Waals surface area contributed by atoms with Crippen molar-refractivity contribution in [3.8, 4) is 0 Å². The Morgan fingerprint density at radius 3 is 2.04 bits per heavy atom. The fraction of sp³-hybridized carbons (Fsp3) is 0.480. The molecule has 0 aromatic heterocycles. The Hall–Kier alpha value is -2.13. The molecule has 28 heavy (non-hydrogen) atoms. The number of rotatable bonds is 9. The van der Waals surface area contributed by atoms with E-state index >= 15 is 0 Å². The molecule has 1 heterocycles. The Morgan fingerprint density at radius 1 is 0.929 bits per heavy atom. The number of hydrogen-bond donors (Lipinski definition) is 1. The van der Waals surface area contributed by atoms with Gasteiger partial charge in [0.05, 0.1) is 6.04 Å². The summed E-state index contributed by atoms with van der Waals surface area (Å²) in [5.74, 6) is 0.418. The molecule has 1 N–H and O–H groups in total. The highest BCUT2D eigenvalue weighted by Gasteiger charge is 2.30. The standard InChI is InChI=1S/C25H34N2O/c1-2-3-4-11-18-26-25(28)23-16-19-27(20-17-23)24(21-12-7-5-8-13-21)22-14-9-6-10-15-22/h5-10,12-15,23-24H,2-4,11,16-20H2,1H3,(H,26,28). The van der Waals surface area contributed by atoms with Crippen LogP contribution in [0.25, 0.3) is 0 Å². The number of hydrogen-bond acceptors (Lipinski definition) is 2. The summed E-state index contributed by atoms with van der Waals surface area (Å²) in [6.07, 6.45) is 6.69. The van der Waals surface area contributed by atoms with E-state index in [1.54, 1.807) is 0 Å². The van der Waals surface area contributed by atoms with Gasteiger partial charge >= 0.3 is 0 Å². The van der Waals surface area contributed by atoms with Gasteiger partial charge in [-0.3, -0.25) is 9.69 Å². The number of carbonyl (C=O) groups excluding carboxylic acids is 1. The lowest BCUT2D eigenvalue weighted by Crippen LogP contribution is -2.42. The summed E-state index contributed by atoms with van der Waals surface area (Å²) in [5.41, 5.74) is 2.65. The quantitative estimate of drug-likeness (QED) is 0.610. The Kier molecular flexibility index (Phi) is 8.10. The first-order valence-corrected chi connectivity index (χ1v) is 10.9. The number of unbranched alkanes of at least 4 members (excludes halogenated alkanes) is 3. The van der Waals surface area contributed by atoms with E-state index in [0.717, 1.165) is 38.9 Å². The molecule has 0 atom stereocenters. The second kappa shape index (κ2) is 11.0. The highest BCUT2D eigenvalue weighted by atomic mass is 16.1. The van der Waals surface area contributed by atoms with E-state index < -0.39 is 0 Å². The van der Waals surface area contributed by atoms with Crippen molar-refractivity contribution in [2.45, 2.75) is 51.5 Å². The first-order chi connectivity index (χ1) is 13.8. The summed E-state index contributed by atoms with van der Waals surface area (Å²) >= 11 is 0. The molecule has 2 aromatic carbocycles. The van der Waals surface area contributed by atoms with Gasteiger partial charge < -0.3 is 5.32 Å². The zero-order valence-corrected chi connectivity index (χ0v) is 17.1. The number of benzene rings is 2. The minimum atomic E-state index is 0.162. The highest BCUT2D eigenvalue weighted by Crippen LogP contribution is 2.32. The zero-order chi connectivity index (χ0) is 19.6. The van der Waals surface area contributed by atoms with Crippen LogP contribution in [0.15, 0.2) is 60.7 Å². The molecular formula is C25H34N2O. The fourth-order valence-corrected chi connectivity index (χ4v) is 4.21. The molecule has 0 radical (unpaired) electrons. The normalized spacial score (nSPS) is 15.6. The van der Waals surface area contributed by atoms with Gasteiger partial charge in [-0.1, -0.05) is 86.8 Å². The molecule has 2 aromatic rings. The minimum Gasteiger partial charge on any atom is -0.356 e. The third kappa shape index (κ3) is 5.68. The largest absolute Gasteiger partial charge is 0.356 e. The van der Waals surface area contributed by atoms with E-state index in [-0.39, 0.29) is 17.9 Å². The number of amides is 1. The number of piperidine rings is 1. The van der Waals surface area contributed by atoms with E-state index in [9.17, 15) is 4.79 Å². The van der Waals surface area contributed by atoms with Crippen molar-refractivity contribution >= 4 is 5.91 Å². The fourth-order valence-electron chi connectivity index (χ4n) is 4.21. The topological polar surface area (TPSA) is 32.3 Å². The van der Waals surface area contributed by atoms with Gasteiger partial charge in [0.2, 0.25) is 5.91 Å². The maximum Gasteiger partial charge on any atom is 0.223 e. The monoisotopic (exact) mass is 378 g/mol. The van der Waals surface area contributed by atoms with Gasteiger partial charge in [0, 0.05) is 12.5 Å². The zero-order valence-electron chi connectivity index (χ0n) is 17.1. The summed E-state index contributed by atoms with van der Waals surface area (Å²) in [6.45, 7) is 4.96. The second-order valence-electron chi connectivity index (χ2n) is 7.89.